The third kappa shape index (κ3) is 4.38. The van der Waals surface area contributed by atoms with E-state index in [4.69, 9.17) is 9.15 Å². The van der Waals surface area contributed by atoms with Crippen LogP contribution in [0.15, 0.2) is 74.3 Å². The lowest BCUT2D eigenvalue weighted by Crippen LogP contribution is -2.09. The van der Waals surface area contributed by atoms with E-state index < -0.39 is 11.2 Å². The Morgan fingerprint density at radius 2 is 1.88 bits per heavy atom. The Morgan fingerprint density at radius 3 is 2.56 bits per heavy atom. The minimum atomic E-state index is -0.572. The summed E-state index contributed by atoms with van der Waals surface area (Å²) in [6, 6.07) is 18.2. The first kappa shape index (κ1) is 21.6. The monoisotopic (exact) mass is 493 g/mol. The quantitative estimate of drug-likeness (QED) is 0.368. The molecule has 1 heterocycles. The summed E-state index contributed by atoms with van der Waals surface area (Å²) in [5.74, 6) is -0.179. The Morgan fingerprint density at radius 1 is 1.12 bits per heavy atom. The standard InChI is InChI=1S/C25H20BrNO5/c1-14-10-18-22(29)23(30)24(32-25(18)20(11-14)27-15(2)28)17-8-9-21(19(26)12-17)31-13-16-6-4-3-5-7-16/h3-12,30H,13H2,1-2H3,(H,27,28). The van der Waals surface area contributed by atoms with Crippen molar-refractivity contribution in [1.82, 2.24) is 0 Å². The van der Waals surface area contributed by atoms with E-state index in [1.165, 1.54) is 6.92 Å². The maximum atomic E-state index is 12.9. The lowest BCUT2D eigenvalue weighted by molar-refractivity contribution is -0.114. The summed E-state index contributed by atoms with van der Waals surface area (Å²) in [4.78, 5) is 24.5. The van der Waals surface area contributed by atoms with E-state index in [-0.39, 0.29) is 22.6 Å². The predicted octanol–water partition coefficient (Wildman–Crippen LogP) is 5.77. The van der Waals surface area contributed by atoms with Gasteiger partial charge in [-0.2, -0.15) is 0 Å². The van der Waals surface area contributed by atoms with Gasteiger partial charge in [0.2, 0.25) is 17.1 Å². The van der Waals surface area contributed by atoms with Crippen LogP contribution in [0.5, 0.6) is 11.5 Å². The number of carbonyl (C=O) groups is 1. The number of rotatable bonds is 5. The van der Waals surface area contributed by atoms with Gasteiger partial charge in [-0.15, -0.1) is 0 Å². The Kier molecular flexibility index (Phi) is 6.01. The molecule has 0 saturated carbocycles. The summed E-state index contributed by atoms with van der Waals surface area (Å²) < 4.78 is 12.4. The Bertz CT molecular complexity index is 1380. The van der Waals surface area contributed by atoms with Crippen LogP contribution in [0, 0.1) is 6.92 Å². The first-order chi connectivity index (χ1) is 15.3. The number of aryl methyl sites for hydroxylation is 1. The zero-order valence-electron chi connectivity index (χ0n) is 17.4. The number of amides is 1. The van der Waals surface area contributed by atoms with Crippen LogP contribution < -0.4 is 15.5 Å². The zero-order valence-corrected chi connectivity index (χ0v) is 19.0. The molecule has 162 valence electrons. The number of nitrogens with one attached hydrogen (secondary N) is 1. The molecule has 0 fully saturated rings. The lowest BCUT2D eigenvalue weighted by Gasteiger charge is -2.12. The van der Waals surface area contributed by atoms with Gasteiger partial charge < -0.3 is 19.6 Å². The summed E-state index contributed by atoms with van der Waals surface area (Å²) in [5, 5.41) is 13.5. The van der Waals surface area contributed by atoms with Gasteiger partial charge in [0.1, 0.15) is 12.4 Å². The molecule has 0 radical (unpaired) electrons. The molecule has 32 heavy (non-hydrogen) atoms. The number of benzene rings is 3. The van der Waals surface area contributed by atoms with Gasteiger partial charge in [0.25, 0.3) is 0 Å². The number of anilines is 1. The summed E-state index contributed by atoms with van der Waals surface area (Å²) in [7, 11) is 0. The maximum absolute atomic E-state index is 12.9. The van der Waals surface area contributed by atoms with Gasteiger partial charge in [-0.25, -0.2) is 0 Å². The normalized spacial score (nSPS) is 10.8. The van der Waals surface area contributed by atoms with Gasteiger partial charge >= 0.3 is 0 Å². The number of hydrogen-bond acceptors (Lipinski definition) is 5. The molecule has 4 aromatic rings. The van der Waals surface area contributed by atoms with Crippen molar-refractivity contribution in [3.8, 4) is 22.8 Å². The van der Waals surface area contributed by atoms with Crippen molar-refractivity contribution in [1.29, 1.82) is 0 Å². The topological polar surface area (TPSA) is 88.8 Å². The Hall–Kier alpha value is -3.58. The summed E-state index contributed by atoms with van der Waals surface area (Å²) in [5.41, 5.74) is 2.26. The van der Waals surface area contributed by atoms with Crippen LogP contribution >= 0.6 is 15.9 Å². The van der Waals surface area contributed by atoms with E-state index in [1.54, 1.807) is 37.3 Å². The fraction of sp³-hybridized carbons (Fsp3) is 0.120. The molecule has 0 aliphatic carbocycles. The van der Waals surface area contributed by atoms with Gasteiger partial charge in [-0.3, -0.25) is 9.59 Å². The number of ether oxygens (including phenoxy) is 1. The molecule has 0 atom stereocenters. The molecule has 7 heteroatoms. The van der Waals surface area contributed by atoms with Crippen molar-refractivity contribution in [3.05, 3.63) is 86.5 Å². The van der Waals surface area contributed by atoms with Crippen LogP contribution in [0.1, 0.15) is 18.1 Å². The van der Waals surface area contributed by atoms with Crippen molar-refractivity contribution in [2.75, 3.05) is 5.32 Å². The molecule has 2 N–H and O–H groups in total. The molecule has 1 amide bonds. The second-order valence-corrected chi connectivity index (χ2v) is 8.25. The molecule has 0 spiro atoms. The van der Waals surface area contributed by atoms with Crippen LogP contribution in [0.2, 0.25) is 0 Å². The Balaban J connectivity index is 1.75. The highest BCUT2D eigenvalue weighted by molar-refractivity contribution is 9.10. The molecule has 6 nitrogen and oxygen atoms in total. The smallest absolute Gasteiger partial charge is 0.235 e. The first-order valence-corrected chi connectivity index (χ1v) is 10.7. The van der Waals surface area contributed by atoms with Gasteiger partial charge in [0.05, 0.1) is 15.5 Å². The third-order valence-electron chi connectivity index (χ3n) is 4.85. The van der Waals surface area contributed by atoms with Gasteiger partial charge in [0, 0.05) is 12.5 Å². The lowest BCUT2D eigenvalue weighted by atomic mass is 10.1. The van der Waals surface area contributed by atoms with Crippen molar-refractivity contribution in [2.24, 2.45) is 0 Å². The van der Waals surface area contributed by atoms with E-state index >= 15 is 0 Å². The molecule has 3 aromatic carbocycles. The highest BCUT2D eigenvalue weighted by atomic mass is 79.9. The van der Waals surface area contributed by atoms with Crippen molar-refractivity contribution < 1.29 is 19.1 Å². The van der Waals surface area contributed by atoms with Crippen molar-refractivity contribution in [3.63, 3.8) is 0 Å². The average Bonchev–Trinajstić information content (AvgIpc) is 2.76. The van der Waals surface area contributed by atoms with E-state index in [1.807, 2.05) is 30.3 Å². The van der Waals surface area contributed by atoms with Crippen LogP contribution in [-0.4, -0.2) is 11.0 Å². The van der Waals surface area contributed by atoms with Crippen LogP contribution in [0.25, 0.3) is 22.3 Å². The van der Waals surface area contributed by atoms with E-state index in [2.05, 4.69) is 21.2 Å². The SMILES string of the molecule is CC(=O)Nc1cc(C)cc2c(=O)c(O)c(-c3ccc(OCc4ccccc4)c(Br)c3)oc12. The van der Waals surface area contributed by atoms with Crippen LogP contribution in [-0.2, 0) is 11.4 Å². The van der Waals surface area contributed by atoms with E-state index in [9.17, 15) is 14.7 Å². The van der Waals surface area contributed by atoms with Crippen LogP contribution in [0.4, 0.5) is 5.69 Å². The fourth-order valence-corrected chi connectivity index (χ4v) is 3.90. The molecule has 4 rings (SSSR count). The summed E-state index contributed by atoms with van der Waals surface area (Å²) in [6.07, 6.45) is 0. The third-order valence-corrected chi connectivity index (χ3v) is 5.47. The fourth-order valence-electron chi connectivity index (χ4n) is 3.41. The molecule has 0 bridgehead atoms. The van der Waals surface area contributed by atoms with Crippen molar-refractivity contribution in [2.45, 2.75) is 20.5 Å². The average molecular weight is 494 g/mol. The second kappa shape index (κ2) is 8.88. The second-order valence-electron chi connectivity index (χ2n) is 7.40. The number of hydrogen-bond donors (Lipinski definition) is 2. The first-order valence-electron chi connectivity index (χ1n) is 9.88. The molecule has 0 unspecified atom stereocenters. The maximum Gasteiger partial charge on any atom is 0.235 e. The summed E-state index contributed by atoms with van der Waals surface area (Å²) >= 11 is 3.48. The predicted molar refractivity (Wildman–Crippen MR) is 127 cm³/mol. The summed E-state index contributed by atoms with van der Waals surface area (Å²) in [6.45, 7) is 3.56. The molecule has 0 saturated heterocycles. The van der Waals surface area contributed by atoms with E-state index in [0.29, 0.717) is 28.1 Å². The number of aromatic hydroxyl groups is 1. The molecule has 0 aliphatic heterocycles. The number of halogens is 1. The van der Waals surface area contributed by atoms with Gasteiger partial charge in [-0.1, -0.05) is 30.3 Å². The minimum Gasteiger partial charge on any atom is -0.502 e. The molecular formula is C25H20BrNO5. The number of fused-ring (bicyclic) bond motifs is 1. The zero-order chi connectivity index (χ0) is 22.8. The minimum absolute atomic E-state index is 0.00765. The number of carbonyl (C=O) groups excluding carboxylic acids is 1. The van der Waals surface area contributed by atoms with Gasteiger partial charge in [0.15, 0.2) is 11.3 Å². The highest BCUT2D eigenvalue weighted by Gasteiger charge is 2.19. The van der Waals surface area contributed by atoms with Crippen molar-refractivity contribution >= 4 is 38.5 Å². The largest absolute Gasteiger partial charge is 0.502 e. The molecular weight excluding hydrogens is 474 g/mol. The molecule has 1 aromatic heterocycles. The van der Waals surface area contributed by atoms with E-state index in [0.717, 1.165) is 11.1 Å². The van der Waals surface area contributed by atoms with Gasteiger partial charge in [-0.05, 0) is 64.3 Å². The molecule has 0 aliphatic rings. The highest BCUT2D eigenvalue weighted by Crippen LogP contribution is 2.37. The van der Waals surface area contributed by atoms with Crippen LogP contribution in [0.3, 0.4) is 0 Å². The Labute approximate surface area is 192 Å².